The molecule has 8 nitrogen and oxygen atoms in total. The van der Waals surface area contributed by atoms with E-state index >= 15 is 0 Å². The molecule has 8 rings (SSSR count). The topological polar surface area (TPSA) is 86.3 Å². The Kier molecular flexibility index (Phi) is 18.6. The van der Waals surface area contributed by atoms with E-state index in [9.17, 15) is 9.59 Å². The molecule has 4 aromatic carbocycles. The highest BCUT2D eigenvalue weighted by atomic mass is 16.5. The minimum absolute atomic E-state index is 0.128. The SMILES string of the molecule is C=CC(=O)OC.CC(C)(C)C1CCC(Oc2ccc3cc(CNC4CCC4)ccc3c2)CC1.COC(=O)CCN(Cc1ccc2cc(OC3CCC(C(C)(C)C)CC3)ccc2c1)C1CCC1. The van der Waals surface area contributed by atoms with Gasteiger partial charge >= 0.3 is 11.9 Å². The zero-order valence-electron chi connectivity index (χ0n) is 41.8. The van der Waals surface area contributed by atoms with Gasteiger partial charge in [-0.1, -0.05) is 97.4 Å². The Hall–Kier alpha value is -4.40. The van der Waals surface area contributed by atoms with E-state index in [0.29, 0.717) is 35.5 Å². The molecule has 0 aromatic heterocycles. The largest absolute Gasteiger partial charge is 0.490 e. The molecule has 4 aliphatic rings. The zero-order valence-corrected chi connectivity index (χ0v) is 41.8. The van der Waals surface area contributed by atoms with Crippen LogP contribution in [0.1, 0.15) is 149 Å². The van der Waals surface area contributed by atoms with E-state index in [1.165, 1.54) is 124 Å². The standard InChI is InChI=1S/C29H41NO3.C25H35NO.C4H6O2/c1-29(2,3)24-11-14-26(15-12-24)33-27-13-10-22-18-21(8-9-23(22)19-27)20-30(25-6-5-7-25)17-16-28(31)32-4;1-25(2,3)21-10-13-23(14-11-21)27-24-12-9-19-15-18(7-8-20(19)16-24)17-26-22-5-4-6-22;1-3-4(5)6-2/h8-10,13,18-19,24-26H,5-7,11-12,14-17,20H2,1-4H3;7-9,12,15-16,21-23,26H,4-6,10-11,13-14,17H2,1-3H3;3H,1H2,2H3. The van der Waals surface area contributed by atoms with Crippen molar-refractivity contribution in [2.24, 2.45) is 22.7 Å². The number of methoxy groups -OCH3 is 2. The fraction of sp³-hybridized carbons (Fsp3) is 0.586. The van der Waals surface area contributed by atoms with Crippen LogP contribution in [0.3, 0.4) is 0 Å². The Morgan fingerprint density at radius 3 is 1.50 bits per heavy atom. The predicted molar refractivity (Wildman–Crippen MR) is 271 cm³/mol. The molecular weight excluding hydrogens is 821 g/mol. The summed E-state index contributed by atoms with van der Waals surface area (Å²) in [5, 5.41) is 8.72. The van der Waals surface area contributed by atoms with Gasteiger partial charge in [-0.2, -0.15) is 0 Å². The third kappa shape index (κ3) is 15.3. The van der Waals surface area contributed by atoms with E-state index < -0.39 is 5.97 Å². The van der Waals surface area contributed by atoms with Crippen LogP contribution in [0.2, 0.25) is 0 Å². The molecule has 0 bridgehead atoms. The average Bonchev–Trinajstić information content (AvgIpc) is 3.27. The number of ether oxygens (including phenoxy) is 4. The van der Waals surface area contributed by atoms with Gasteiger partial charge in [0.2, 0.25) is 0 Å². The first kappa shape index (κ1) is 51.0. The molecule has 360 valence electrons. The van der Waals surface area contributed by atoms with Gasteiger partial charge in [0.15, 0.2) is 0 Å². The van der Waals surface area contributed by atoms with Crippen LogP contribution in [0.4, 0.5) is 0 Å². The summed E-state index contributed by atoms with van der Waals surface area (Å²) >= 11 is 0. The number of nitrogens with zero attached hydrogens (tertiary/aromatic N) is 1. The normalized spacial score (nSPS) is 21.3. The van der Waals surface area contributed by atoms with Gasteiger partial charge in [-0.05, 0) is 169 Å². The maximum absolute atomic E-state index is 11.6. The summed E-state index contributed by atoms with van der Waals surface area (Å²) in [4.78, 5) is 23.9. The number of fused-ring (bicyclic) bond motifs is 2. The van der Waals surface area contributed by atoms with Crippen LogP contribution in [-0.4, -0.2) is 61.9 Å². The first-order valence-corrected chi connectivity index (χ1v) is 25.2. The summed E-state index contributed by atoms with van der Waals surface area (Å²) < 4.78 is 21.7. The number of benzene rings is 4. The average molecular weight is 903 g/mol. The van der Waals surface area contributed by atoms with Crippen molar-refractivity contribution in [2.45, 2.75) is 175 Å². The highest BCUT2D eigenvalue weighted by Gasteiger charge is 2.32. The van der Waals surface area contributed by atoms with Crippen molar-refractivity contribution in [2.75, 3.05) is 20.8 Å². The number of hydrogen-bond acceptors (Lipinski definition) is 8. The highest BCUT2D eigenvalue weighted by molar-refractivity contribution is 5.85. The Balaban J connectivity index is 0.000000197. The molecule has 66 heavy (non-hydrogen) atoms. The highest BCUT2D eigenvalue weighted by Crippen LogP contribution is 2.40. The summed E-state index contributed by atoms with van der Waals surface area (Å²) in [5.74, 6) is 3.14. The van der Waals surface area contributed by atoms with Gasteiger partial charge < -0.3 is 24.3 Å². The molecule has 4 aliphatic carbocycles. The van der Waals surface area contributed by atoms with E-state index in [-0.39, 0.29) is 5.97 Å². The minimum Gasteiger partial charge on any atom is -0.490 e. The minimum atomic E-state index is -0.394. The number of hydrogen-bond donors (Lipinski definition) is 1. The molecule has 0 radical (unpaired) electrons. The van der Waals surface area contributed by atoms with Crippen LogP contribution in [0.25, 0.3) is 21.5 Å². The number of rotatable bonds is 14. The lowest BCUT2D eigenvalue weighted by Crippen LogP contribution is -2.40. The van der Waals surface area contributed by atoms with Crippen LogP contribution in [0.15, 0.2) is 85.5 Å². The second-order valence-electron chi connectivity index (χ2n) is 21.7. The van der Waals surface area contributed by atoms with Crippen molar-refractivity contribution in [3.8, 4) is 11.5 Å². The smallest absolute Gasteiger partial charge is 0.329 e. The van der Waals surface area contributed by atoms with Crippen molar-refractivity contribution in [1.29, 1.82) is 0 Å². The molecule has 4 aromatic rings. The Labute approximate surface area is 397 Å². The fourth-order valence-electron chi connectivity index (χ4n) is 10.1. The third-order valence-corrected chi connectivity index (χ3v) is 15.0. The van der Waals surface area contributed by atoms with Crippen molar-refractivity contribution in [3.05, 3.63) is 96.6 Å². The summed E-state index contributed by atoms with van der Waals surface area (Å²) in [6.07, 6.45) is 19.9. The first-order valence-electron chi connectivity index (χ1n) is 25.2. The molecule has 1 N–H and O–H groups in total. The number of nitrogens with one attached hydrogen (secondary N) is 1. The molecule has 0 spiro atoms. The van der Waals surface area contributed by atoms with Gasteiger partial charge in [-0.25, -0.2) is 4.79 Å². The van der Waals surface area contributed by atoms with E-state index in [4.69, 9.17) is 14.2 Å². The van der Waals surface area contributed by atoms with Crippen LogP contribution in [-0.2, 0) is 32.2 Å². The van der Waals surface area contributed by atoms with Crippen molar-refractivity contribution < 1.29 is 28.5 Å². The van der Waals surface area contributed by atoms with Gasteiger partial charge in [-0.3, -0.25) is 9.69 Å². The van der Waals surface area contributed by atoms with Gasteiger partial charge in [0.25, 0.3) is 0 Å². The van der Waals surface area contributed by atoms with E-state index in [2.05, 4.69) is 136 Å². The third-order valence-electron chi connectivity index (χ3n) is 15.0. The summed E-state index contributed by atoms with van der Waals surface area (Å²) in [6, 6.07) is 28.0. The summed E-state index contributed by atoms with van der Waals surface area (Å²) in [6.45, 7) is 20.0. The van der Waals surface area contributed by atoms with Crippen LogP contribution in [0.5, 0.6) is 11.5 Å². The number of carbonyl (C=O) groups is 2. The zero-order chi connectivity index (χ0) is 47.3. The van der Waals surface area contributed by atoms with E-state index in [0.717, 1.165) is 67.9 Å². The number of esters is 2. The molecule has 0 unspecified atom stereocenters. The molecule has 0 atom stereocenters. The lowest BCUT2D eigenvalue weighted by atomic mass is 9.72. The molecule has 0 saturated heterocycles. The molecule has 0 heterocycles. The first-order chi connectivity index (χ1) is 31.6. The molecule has 4 saturated carbocycles. The van der Waals surface area contributed by atoms with Gasteiger partial charge in [-0.15, -0.1) is 0 Å². The quantitative estimate of drug-likeness (QED) is 0.0989. The molecule has 4 fully saturated rings. The fourth-order valence-corrected chi connectivity index (χ4v) is 10.1. The Morgan fingerprint density at radius 2 is 1.09 bits per heavy atom. The Bertz CT molecular complexity index is 2160. The molecule has 0 aliphatic heterocycles. The van der Waals surface area contributed by atoms with Crippen LogP contribution < -0.4 is 14.8 Å². The van der Waals surface area contributed by atoms with Gasteiger partial charge in [0, 0.05) is 37.8 Å². The molecule has 8 heteroatoms. The lowest BCUT2D eigenvalue weighted by Gasteiger charge is -2.37. The van der Waals surface area contributed by atoms with Crippen molar-refractivity contribution in [3.63, 3.8) is 0 Å². The summed E-state index contributed by atoms with van der Waals surface area (Å²) in [5.41, 5.74) is 3.51. The summed E-state index contributed by atoms with van der Waals surface area (Å²) in [7, 11) is 2.78. The second kappa shape index (κ2) is 24.1. The lowest BCUT2D eigenvalue weighted by molar-refractivity contribution is -0.141. The van der Waals surface area contributed by atoms with E-state index in [1.807, 2.05) is 0 Å². The second-order valence-corrected chi connectivity index (χ2v) is 21.7. The van der Waals surface area contributed by atoms with Gasteiger partial charge in [0.05, 0.1) is 32.8 Å². The van der Waals surface area contributed by atoms with Gasteiger partial charge in [0.1, 0.15) is 11.5 Å². The molecule has 0 amide bonds. The number of carbonyl (C=O) groups excluding carboxylic acids is 2. The van der Waals surface area contributed by atoms with Crippen LogP contribution >= 0.6 is 0 Å². The maximum Gasteiger partial charge on any atom is 0.329 e. The predicted octanol–water partition coefficient (Wildman–Crippen LogP) is 13.6. The molecular formula is C58H82N2O6. The monoisotopic (exact) mass is 903 g/mol. The van der Waals surface area contributed by atoms with Crippen LogP contribution in [0, 0.1) is 22.7 Å². The van der Waals surface area contributed by atoms with E-state index in [1.54, 1.807) is 0 Å². The Morgan fingerprint density at radius 1 is 0.621 bits per heavy atom. The van der Waals surface area contributed by atoms with Crippen molar-refractivity contribution in [1.82, 2.24) is 10.2 Å². The maximum atomic E-state index is 11.6. The van der Waals surface area contributed by atoms with Crippen molar-refractivity contribution >= 4 is 33.5 Å².